The van der Waals surface area contributed by atoms with Gasteiger partial charge in [-0.15, -0.1) is 0 Å². The first kappa shape index (κ1) is 22.6. The molecule has 0 unspecified atom stereocenters. The second kappa shape index (κ2) is 10.3. The summed E-state index contributed by atoms with van der Waals surface area (Å²) in [6, 6.07) is 24.2. The van der Waals surface area contributed by atoms with Crippen molar-refractivity contribution in [1.82, 2.24) is 4.90 Å². The molecule has 1 aliphatic rings. The zero-order valence-corrected chi connectivity index (χ0v) is 18.7. The first-order chi connectivity index (χ1) is 16.0. The van der Waals surface area contributed by atoms with E-state index in [-0.39, 0.29) is 11.8 Å². The van der Waals surface area contributed by atoms with E-state index in [2.05, 4.69) is 4.90 Å². The van der Waals surface area contributed by atoms with E-state index in [1.165, 1.54) is 0 Å². The van der Waals surface area contributed by atoms with Crippen LogP contribution in [0.4, 0.5) is 5.69 Å². The molecule has 6 heteroatoms. The average molecular weight is 445 g/mol. The minimum absolute atomic E-state index is 0.000816. The summed E-state index contributed by atoms with van der Waals surface area (Å²) in [4.78, 5) is 28.1. The van der Waals surface area contributed by atoms with Gasteiger partial charge in [-0.3, -0.25) is 9.69 Å². The summed E-state index contributed by atoms with van der Waals surface area (Å²) in [5, 5.41) is 9.03. The summed E-state index contributed by atoms with van der Waals surface area (Å²) >= 11 is 0. The van der Waals surface area contributed by atoms with E-state index in [1.807, 2.05) is 73.8 Å². The highest BCUT2D eigenvalue weighted by Gasteiger charge is 2.27. The van der Waals surface area contributed by atoms with Crippen molar-refractivity contribution in [2.45, 2.75) is 19.4 Å². The smallest absolute Gasteiger partial charge is 0.335 e. The van der Waals surface area contributed by atoms with Crippen LogP contribution in [0.15, 0.2) is 78.9 Å². The van der Waals surface area contributed by atoms with Gasteiger partial charge in [-0.25, -0.2) is 4.79 Å². The van der Waals surface area contributed by atoms with Crippen molar-refractivity contribution in [2.75, 3.05) is 25.0 Å². The summed E-state index contributed by atoms with van der Waals surface area (Å²) < 4.78 is 5.83. The van der Waals surface area contributed by atoms with Crippen LogP contribution >= 0.6 is 0 Å². The topological polar surface area (TPSA) is 70.1 Å². The molecule has 1 saturated heterocycles. The number of benzene rings is 3. The summed E-state index contributed by atoms with van der Waals surface area (Å²) in [6.07, 6.45) is 1.62. The van der Waals surface area contributed by atoms with Gasteiger partial charge in [0.2, 0.25) is 5.91 Å². The van der Waals surface area contributed by atoms with Crippen LogP contribution in [0.5, 0.6) is 11.5 Å². The molecule has 6 nitrogen and oxygen atoms in total. The van der Waals surface area contributed by atoms with E-state index in [0.717, 1.165) is 55.2 Å². The second-order valence-corrected chi connectivity index (χ2v) is 8.36. The molecule has 3 aromatic carbocycles. The molecular formula is C27H28N2O4. The number of hydrogen-bond donors (Lipinski definition) is 1. The van der Waals surface area contributed by atoms with Gasteiger partial charge in [0.05, 0.1) is 5.56 Å². The number of aromatic carboxylic acids is 1. The summed E-state index contributed by atoms with van der Waals surface area (Å²) in [6.45, 7) is 2.45. The fourth-order valence-corrected chi connectivity index (χ4v) is 4.11. The molecule has 3 aromatic rings. The number of hydrogen-bond acceptors (Lipinski definition) is 4. The van der Waals surface area contributed by atoms with Crippen molar-refractivity contribution in [1.29, 1.82) is 0 Å². The molecule has 4 rings (SSSR count). The molecule has 1 fully saturated rings. The van der Waals surface area contributed by atoms with Gasteiger partial charge in [0.15, 0.2) is 0 Å². The van der Waals surface area contributed by atoms with Gasteiger partial charge in [0.25, 0.3) is 0 Å². The number of carbonyl (C=O) groups excluding carboxylic acids is 1. The lowest BCUT2D eigenvalue weighted by atomic mass is 9.94. The first-order valence-corrected chi connectivity index (χ1v) is 11.1. The largest absolute Gasteiger partial charge is 0.478 e. The van der Waals surface area contributed by atoms with Crippen LogP contribution in [0.3, 0.4) is 0 Å². The number of rotatable bonds is 7. The maximum atomic E-state index is 13.1. The van der Waals surface area contributed by atoms with E-state index in [1.54, 1.807) is 17.0 Å². The number of anilines is 1. The van der Waals surface area contributed by atoms with Crippen LogP contribution in [-0.4, -0.2) is 42.0 Å². The number of likely N-dealkylation sites (tertiary alicyclic amines) is 1. The molecule has 0 saturated carbocycles. The van der Waals surface area contributed by atoms with Crippen LogP contribution in [0.1, 0.15) is 28.8 Å². The zero-order valence-electron chi connectivity index (χ0n) is 18.7. The minimum Gasteiger partial charge on any atom is -0.478 e. The lowest BCUT2D eigenvalue weighted by molar-refractivity contribution is -0.123. The van der Waals surface area contributed by atoms with Crippen LogP contribution in [-0.2, 0) is 11.3 Å². The van der Waals surface area contributed by atoms with Crippen LogP contribution in [0, 0.1) is 5.92 Å². The van der Waals surface area contributed by atoms with E-state index in [0.29, 0.717) is 5.56 Å². The van der Waals surface area contributed by atoms with E-state index >= 15 is 0 Å². The molecule has 1 N–H and O–H groups in total. The van der Waals surface area contributed by atoms with Crippen LogP contribution in [0.2, 0.25) is 0 Å². The standard InChI is InChI=1S/C27H28N2O4/c1-28(23-11-13-25(14-12-23)33-24-5-3-2-4-6-24)26(30)21-15-17-29(18-16-21)19-20-7-9-22(10-8-20)27(31)32/h2-14,21H,15-19H2,1H3,(H,31,32). The molecule has 170 valence electrons. The summed E-state index contributed by atoms with van der Waals surface area (Å²) in [5.74, 6) is 0.733. The lowest BCUT2D eigenvalue weighted by Crippen LogP contribution is -2.41. The van der Waals surface area contributed by atoms with Gasteiger partial charge in [-0.2, -0.15) is 0 Å². The van der Waals surface area contributed by atoms with Gasteiger partial charge < -0.3 is 14.7 Å². The lowest BCUT2D eigenvalue weighted by Gasteiger charge is -2.33. The Morgan fingerprint density at radius 3 is 2.12 bits per heavy atom. The summed E-state index contributed by atoms with van der Waals surface area (Å²) in [5.41, 5.74) is 2.23. The highest BCUT2D eigenvalue weighted by Crippen LogP contribution is 2.27. The van der Waals surface area contributed by atoms with Crippen molar-refractivity contribution in [3.05, 3.63) is 90.0 Å². The molecule has 0 bridgehead atoms. The number of carbonyl (C=O) groups is 2. The first-order valence-electron chi connectivity index (χ1n) is 11.1. The Morgan fingerprint density at radius 1 is 0.909 bits per heavy atom. The maximum absolute atomic E-state index is 13.1. The fourth-order valence-electron chi connectivity index (χ4n) is 4.11. The third-order valence-corrected chi connectivity index (χ3v) is 6.08. The number of amides is 1. The van der Waals surface area contributed by atoms with Crippen LogP contribution in [0.25, 0.3) is 0 Å². The molecule has 0 aromatic heterocycles. The van der Waals surface area contributed by atoms with Crippen molar-refractivity contribution in [3.8, 4) is 11.5 Å². The molecule has 0 aliphatic carbocycles. The quantitative estimate of drug-likeness (QED) is 0.552. The Morgan fingerprint density at radius 2 is 1.52 bits per heavy atom. The molecule has 33 heavy (non-hydrogen) atoms. The Hall–Kier alpha value is -3.64. The van der Waals surface area contributed by atoms with Gasteiger partial charge in [-0.1, -0.05) is 30.3 Å². The van der Waals surface area contributed by atoms with E-state index < -0.39 is 5.97 Å². The predicted molar refractivity (Wildman–Crippen MR) is 128 cm³/mol. The van der Waals surface area contributed by atoms with Crippen molar-refractivity contribution >= 4 is 17.6 Å². The minimum atomic E-state index is -0.914. The van der Waals surface area contributed by atoms with Crippen LogP contribution < -0.4 is 9.64 Å². The zero-order chi connectivity index (χ0) is 23.2. The van der Waals surface area contributed by atoms with Gasteiger partial charge in [0.1, 0.15) is 11.5 Å². The van der Waals surface area contributed by atoms with E-state index in [4.69, 9.17) is 9.84 Å². The number of piperidine rings is 1. The third kappa shape index (κ3) is 5.79. The SMILES string of the molecule is CN(C(=O)C1CCN(Cc2ccc(C(=O)O)cc2)CC1)c1ccc(Oc2ccccc2)cc1. The van der Waals surface area contributed by atoms with Crippen molar-refractivity contribution in [3.63, 3.8) is 0 Å². The van der Waals surface area contributed by atoms with Gasteiger partial charge in [-0.05, 0) is 80.0 Å². The maximum Gasteiger partial charge on any atom is 0.335 e. The third-order valence-electron chi connectivity index (χ3n) is 6.08. The second-order valence-electron chi connectivity index (χ2n) is 8.36. The summed E-state index contributed by atoms with van der Waals surface area (Å²) in [7, 11) is 1.83. The Balaban J connectivity index is 1.28. The number of carboxylic acid groups (broad SMARTS) is 1. The highest BCUT2D eigenvalue weighted by atomic mass is 16.5. The monoisotopic (exact) mass is 444 g/mol. The normalized spacial score (nSPS) is 14.6. The number of para-hydroxylation sites is 1. The fraction of sp³-hybridized carbons (Fsp3) is 0.259. The van der Waals surface area contributed by atoms with Gasteiger partial charge >= 0.3 is 5.97 Å². The molecule has 1 amide bonds. The highest BCUT2D eigenvalue weighted by molar-refractivity contribution is 5.94. The Bertz CT molecular complexity index is 1070. The molecule has 1 aliphatic heterocycles. The number of nitrogens with zero attached hydrogens (tertiary/aromatic N) is 2. The Kier molecular flexibility index (Phi) is 7.05. The van der Waals surface area contributed by atoms with E-state index in [9.17, 15) is 9.59 Å². The molecular weight excluding hydrogens is 416 g/mol. The van der Waals surface area contributed by atoms with Gasteiger partial charge in [0, 0.05) is 25.2 Å². The van der Waals surface area contributed by atoms with Crippen molar-refractivity contribution < 1.29 is 19.4 Å². The number of ether oxygens (including phenoxy) is 1. The molecule has 0 radical (unpaired) electrons. The van der Waals surface area contributed by atoms with Crippen molar-refractivity contribution in [2.24, 2.45) is 5.92 Å². The Labute approximate surface area is 194 Å². The molecule has 0 atom stereocenters. The predicted octanol–water partition coefficient (Wildman–Crippen LogP) is 5.05. The molecule has 0 spiro atoms. The average Bonchev–Trinajstić information content (AvgIpc) is 2.85. The number of carboxylic acids is 1. The molecule has 1 heterocycles.